The molecule has 0 bridgehead atoms. The lowest BCUT2D eigenvalue weighted by Gasteiger charge is -2.26. The summed E-state index contributed by atoms with van der Waals surface area (Å²) >= 11 is 0. The summed E-state index contributed by atoms with van der Waals surface area (Å²) in [4.78, 5) is 0. The van der Waals surface area contributed by atoms with Crippen molar-refractivity contribution >= 4 is 32.7 Å². The molecule has 0 fully saturated rings. The molecule has 0 aromatic heterocycles. The minimum atomic E-state index is -0.201. The Balaban J connectivity index is 1.44. The van der Waals surface area contributed by atoms with E-state index in [4.69, 9.17) is 0 Å². The minimum Gasteiger partial charge on any atom is -0.0622 e. The first-order valence-electron chi connectivity index (χ1n) is 17.6. The Hall–Kier alpha value is -5.20. The highest BCUT2D eigenvalue weighted by atomic mass is 14.4. The highest BCUT2D eigenvalue weighted by Crippen LogP contribution is 2.55. The molecule has 240 valence electrons. The zero-order chi connectivity index (χ0) is 34.1. The number of fused-ring (bicyclic) bond motifs is 3. The first-order valence-corrected chi connectivity index (χ1v) is 17.6. The standard InChI is InChI=1S/C49H44/c1-31-17-21-34(22-18-31)46-41-27-25-36(29-43(41)49(6,7)47(46)35-23-19-32(2)20-24-35)45-39-16-12-11-15-38(39)44(33-13-9-8-10-14-33)40-28-26-37(30-42(40)45)48(3,4)5/h8-30H,1-7H3. The van der Waals surface area contributed by atoms with E-state index < -0.39 is 0 Å². The molecule has 8 rings (SSSR count). The van der Waals surface area contributed by atoms with E-state index in [0.29, 0.717) is 0 Å². The highest BCUT2D eigenvalue weighted by molar-refractivity contribution is 6.22. The molecule has 0 aliphatic heterocycles. The van der Waals surface area contributed by atoms with E-state index in [2.05, 4.69) is 188 Å². The van der Waals surface area contributed by atoms with Crippen LogP contribution in [0.3, 0.4) is 0 Å². The Bertz CT molecular complexity index is 2410. The lowest BCUT2D eigenvalue weighted by Crippen LogP contribution is -2.16. The van der Waals surface area contributed by atoms with Crippen LogP contribution < -0.4 is 0 Å². The van der Waals surface area contributed by atoms with Gasteiger partial charge in [-0.2, -0.15) is 0 Å². The van der Waals surface area contributed by atoms with Crippen LogP contribution in [0, 0.1) is 13.8 Å². The molecule has 0 heterocycles. The molecule has 0 unspecified atom stereocenters. The quantitative estimate of drug-likeness (QED) is 0.169. The minimum absolute atomic E-state index is 0.0275. The predicted octanol–water partition coefficient (Wildman–Crippen LogP) is 13.5. The fourth-order valence-corrected chi connectivity index (χ4v) is 8.13. The Morgan fingerprint density at radius 3 is 1.59 bits per heavy atom. The van der Waals surface area contributed by atoms with Crippen LogP contribution in [0.25, 0.3) is 54.9 Å². The van der Waals surface area contributed by atoms with Gasteiger partial charge in [0.25, 0.3) is 0 Å². The lowest BCUT2D eigenvalue weighted by atomic mass is 9.76. The molecule has 1 aliphatic carbocycles. The summed E-state index contributed by atoms with van der Waals surface area (Å²) in [6.07, 6.45) is 0. The maximum Gasteiger partial charge on any atom is 0.0165 e. The molecular formula is C49H44. The summed E-state index contributed by atoms with van der Waals surface area (Å²) in [6, 6.07) is 52.6. The van der Waals surface area contributed by atoms with Crippen molar-refractivity contribution < 1.29 is 0 Å². The molecule has 0 atom stereocenters. The van der Waals surface area contributed by atoms with Crippen LogP contribution in [0.15, 0.2) is 140 Å². The average molecular weight is 633 g/mol. The molecule has 7 aromatic carbocycles. The van der Waals surface area contributed by atoms with Gasteiger partial charge < -0.3 is 0 Å². The van der Waals surface area contributed by atoms with E-state index in [-0.39, 0.29) is 10.8 Å². The van der Waals surface area contributed by atoms with Crippen molar-refractivity contribution in [2.45, 2.75) is 59.3 Å². The normalized spacial score (nSPS) is 14.1. The molecule has 0 spiro atoms. The third kappa shape index (κ3) is 5.13. The smallest absolute Gasteiger partial charge is 0.0165 e. The van der Waals surface area contributed by atoms with Crippen LogP contribution in [-0.4, -0.2) is 0 Å². The second kappa shape index (κ2) is 11.5. The lowest BCUT2D eigenvalue weighted by molar-refractivity contribution is 0.591. The number of allylic oxidation sites excluding steroid dienone is 1. The zero-order valence-corrected chi connectivity index (χ0v) is 29.8. The Morgan fingerprint density at radius 1 is 0.449 bits per heavy atom. The number of benzene rings is 7. The maximum absolute atomic E-state index is 2.51. The topological polar surface area (TPSA) is 0 Å². The van der Waals surface area contributed by atoms with Gasteiger partial charge in [0.15, 0.2) is 0 Å². The molecule has 0 saturated heterocycles. The molecular weight excluding hydrogens is 589 g/mol. The molecule has 0 N–H and O–H groups in total. The Morgan fingerprint density at radius 2 is 0.980 bits per heavy atom. The van der Waals surface area contributed by atoms with Crippen molar-refractivity contribution in [3.8, 4) is 22.3 Å². The van der Waals surface area contributed by atoms with Crippen LogP contribution in [0.2, 0.25) is 0 Å². The van der Waals surface area contributed by atoms with E-state index in [1.54, 1.807) is 0 Å². The van der Waals surface area contributed by atoms with Gasteiger partial charge in [0.1, 0.15) is 0 Å². The van der Waals surface area contributed by atoms with Gasteiger partial charge in [0.2, 0.25) is 0 Å². The van der Waals surface area contributed by atoms with Gasteiger partial charge in [0.05, 0.1) is 0 Å². The fourth-order valence-electron chi connectivity index (χ4n) is 8.13. The van der Waals surface area contributed by atoms with Gasteiger partial charge in [-0.1, -0.05) is 173 Å². The van der Waals surface area contributed by atoms with Crippen molar-refractivity contribution in [2.24, 2.45) is 0 Å². The molecule has 7 aromatic rings. The van der Waals surface area contributed by atoms with Crippen LogP contribution >= 0.6 is 0 Å². The molecule has 0 radical (unpaired) electrons. The SMILES string of the molecule is Cc1ccc(C2=C(c3ccc(C)cc3)C(C)(C)c3cc(-c4c5ccccc5c(-c5ccccc5)c5ccc(C(C)(C)C)cc45)ccc32)cc1. The number of rotatable bonds is 4. The van der Waals surface area contributed by atoms with Gasteiger partial charge in [-0.15, -0.1) is 0 Å². The third-order valence-corrected chi connectivity index (χ3v) is 10.8. The van der Waals surface area contributed by atoms with Crippen molar-refractivity contribution in [1.29, 1.82) is 0 Å². The molecule has 49 heavy (non-hydrogen) atoms. The van der Waals surface area contributed by atoms with Crippen molar-refractivity contribution in [3.63, 3.8) is 0 Å². The van der Waals surface area contributed by atoms with Crippen LogP contribution in [0.5, 0.6) is 0 Å². The summed E-state index contributed by atoms with van der Waals surface area (Å²) in [7, 11) is 0. The number of hydrogen-bond donors (Lipinski definition) is 0. The summed E-state index contributed by atoms with van der Waals surface area (Å²) in [5.41, 5.74) is 16.9. The van der Waals surface area contributed by atoms with Gasteiger partial charge >= 0.3 is 0 Å². The molecule has 0 saturated carbocycles. The molecule has 0 amide bonds. The summed E-state index contributed by atoms with van der Waals surface area (Å²) < 4.78 is 0. The fraction of sp³-hybridized carbons (Fsp3) is 0.184. The Labute approximate surface area is 291 Å². The van der Waals surface area contributed by atoms with Gasteiger partial charge in [-0.3, -0.25) is 0 Å². The first kappa shape index (κ1) is 31.1. The van der Waals surface area contributed by atoms with E-state index in [9.17, 15) is 0 Å². The highest BCUT2D eigenvalue weighted by Gasteiger charge is 2.39. The van der Waals surface area contributed by atoms with E-state index in [0.717, 1.165) is 0 Å². The second-order valence-corrected chi connectivity index (χ2v) is 15.5. The number of hydrogen-bond acceptors (Lipinski definition) is 0. The summed E-state index contributed by atoms with van der Waals surface area (Å²) in [5, 5.41) is 5.19. The first-order chi connectivity index (χ1) is 23.5. The number of aryl methyl sites for hydroxylation is 2. The van der Waals surface area contributed by atoms with Crippen LogP contribution in [0.4, 0.5) is 0 Å². The average Bonchev–Trinajstić information content (AvgIpc) is 3.33. The van der Waals surface area contributed by atoms with Crippen molar-refractivity contribution in [1.82, 2.24) is 0 Å². The molecule has 0 nitrogen and oxygen atoms in total. The van der Waals surface area contributed by atoms with E-state index in [1.807, 2.05) is 0 Å². The van der Waals surface area contributed by atoms with Crippen molar-refractivity contribution in [3.05, 3.63) is 178 Å². The molecule has 0 heteroatoms. The zero-order valence-electron chi connectivity index (χ0n) is 29.8. The summed E-state index contributed by atoms with van der Waals surface area (Å²) in [6.45, 7) is 16.1. The second-order valence-electron chi connectivity index (χ2n) is 15.5. The third-order valence-electron chi connectivity index (χ3n) is 10.8. The largest absolute Gasteiger partial charge is 0.0622 e. The van der Waals surface area contributed by atoms with Gasteiger partial charge in [0, 0.05) is 5.41 Å². The van der Waals surface area contributed by atoms with E-state index >= 15 is 0 Å². The van der Waals surface area contributed by atoms with Crippen molar-refractivity contribution in [2.75, 3.05) is 0 Å². The molecule has 1 aliphatic rings. The van der Waals surface area contributed by atoms with Gasteiger partial charge in [-0.25, -0.2) is 0 Å². The Kier molecular flexibility index (Phi) is 7.27. The monoisotopic (exact) mass is 632 g/mol. The van der Waals surface area contributed by atoms with Crippen LogP contribution in [0.1, 0.15) is 73.6 Å². The van der Waals surface area contributed by atoms with Crippen LogP contribution in [-0.2, 0) is 10.8 Å². The summed E-state index contributed by atoms with van der Waals surface area (Å²) in [5.74, 6) is 0. The maximum atomic E-state index is 2.51. The van der Waals surface area contributed by atoms with E-state index in [1.165, 1.54) is 93.9 Å². The van der Waals surface area contributed by atoms with Gasteiger partial charge in [-0.05, 0) is 114 Å². The predicted molar refractivity (Wildman–Crippen MR) is 212 cm³/mol.